The summed E-state index contributed by atoms with van der Waals surface area (Å²) >= 11 is 0. The number of hydrogen-bond donors (Lipinski definition) is 2. The number of carbonyl (C=O) groups excluding carboxylic acids is 1. The van der Waals surface area contributed by atoms with Crippen LogP contribution in [0.2, 0.25) is 0 Å². The van der Waals surface area contributed by atoms with Gasteiger partial charge in [0.2, 0.25) is 5.91 Å². The van der Waals surface area contributed by atoms with Gasteiger partial charge in [0.25, 0.3) is 5.56 Å². The van der Waals surface area contributed by atoms with E-state index >= 15 is 0 Å². The number of amides is 1. The summed E-state index contributed by atoms with van der Waals surface area (Å²) in [5.74, 6) is 1.18. The minimum absolute atomic E-state index is 0.00966. The molecule has 0 unspecified atom stereocenters. The second kappa shape index (κ2) is 7.22. The topological polar surface area (TPSA) is 88.9 Å². The second-order valence-electron chi connectivity index (χ2n) is 9.20. The molecule has 0 atom stereocenters. The monoisotopic (exact) mass is 407 g/mol. The van der Waals surface area contributed by atoms with Crippen LogP contribution in [0.5, 0.6) is 0 Å². The van der Waals surface area contributed by atoms with Crippen LogP contribution in [0.3, 0.4) is 0 Å². The van der Waals surface area contributed by atoms with Crippen LogP contribution in [0.4, 0.5) is 17.3 Å². The molecule has 2 aliphatic carbocycles. The summed E-state index contributed by atoms with van der Waals surface area (Å²) in [6, 6.07) is 1.94. The number of aromatic nitrogens is 3. The molecule has 2 aromatic heterocycles. The lowest BCUT2D eigenvalue weighted by atomic mass is 9.80. The highest BCUT2D eigenvalue weighted by Crippen LogP contribution is 2.43. The van der Waals surface area contributed by atoms with E-state index in [0.29, 0.717) is 17.3 Å². The molecule has 0 aromatic carbocycles. The number of nitrogens with zero attached hydrogens (tertiary/aromatic N) is 3. The summed E-state index contributed by atoms with van der Waals surface area (Å²) in [5, 5.41) is 6.15. The Hall–Kier alpha value is -2.70. The Kier molecular flexibility index (Phi) is 4.64. The van der Waals surface area contributed by atoms with Gasteiger partial charge in [0.1, 0.15) is 23.7 Å². The Morgan fingerprint density at radius 3 is 2.57 bits per heavy atom. The van der Waals surface area contributed by atoms with Crippen LogP contribution in [0, 0.1) is 19.8 Å². The van der Waals surface area contributed by atoms with E-state index in [9.17, 15) is 9.59 Å². The molecule has 0 radical (unpaired) electrons. The fraction of sp³-hybridized carbons (Fsp3) is 0.565. The van der Waals surface area contributed by atoms with Crippen LogP contribution in [0.1, 0.15) is 68.2 Å². The van der Waals surface area contributed by atoms with Gasteiger partial charge in [-0.25, -0.2) is 9.97 Å². The lowest BCUT2D eigenvalue weighted by Gasteiger charge is -2.36. The molecule has 7 heteroatoms. The quantitative estimate of drug-likeness (QED) is 0.801. The van der Waals surface area contributed by atoms with Crippen molar-refractivity contribution in [2.24, 2.45) is 5.92 Å². The lowest BCUT2D eigenvalue weighted by Crippen LogP contribution is -2.40. The second-order valence-corrected chi connectivity index (χ2v) is 9.20. The van der Waals surface area contributed by atoms with Gasteiger partial charge in [0.05, 0.1) is 0 Å². The molecule has 0 bridgehead atoms. The Labute approximate surface area is 176 Å². The number of nitrogens with one attached hydrogen (secondary N) is 2. The highest BCUT2D eigenvalue weighted by Gasteiger charge is 2.41. The smallest absolute Gasteiger partial charge is 0.275 e. The Balaban J connectivity index is 1.49. The van der Waals surface area contributed by atoms with Crippen LogP contribution in [-0.2, 0) is 16.8 Å². The maximum atomic E-state index is 13.5. The first-order valence-electron chi connectivity index (χ1n) is 11.1. The van der Waals surface area contributed by atoms with Crippen molar-refractivity contribution in [2.45, 2.75) is 77.2 Å². The molecule has 3 aliphatic rings. The summed E-state index contributed by atoms with van der Waals surface area (Å²) in [6.45, 7) is 3.96. The van der Waals surface area contributed by atoms with Gasteiger partial charge in [-0.05, 0) is 64.0 Å². The van der Waals surface area contributed by atoms with Crippen molar-refractivity contribution >= 4 is 23.2 Å². The normalized spacial score (nSPS) is 19.5. The first-order valence-corrected chi connectivity index (χ1v) is 11.1. The van der Waals surface area contributed by atoms with Crippen molar-refractivity contribution in [1.29, 1.82) is 0 Å². The highest BCUT2D eigenvalue weighted by atomic mass is 16.2. The molecule has 2 saturated carbocycles. The Morgan fingerprint density at radius 2 is 1.83 bits per heavy atom. The SMILES string of the molecule is Cc1cc(Nc2ncnc(NC(=O)C3CC3)c2C)c(=O)n2c1CCC21CCCCC1. The van der Waals surface area contributed by atoms with E-state index in [2.05, 4.69) is 32.1 Å². The molecule has 158 valence electrons. The summed E-state index contributed by atoms with van der Waals surface area (Å²) in [5.41, 5.74) is 3.64. The van der Waals surface area contributed by atoms with Gasteiger partial charge in [0, 0.05) is 22.7 Å². The third-order valence-electron chi connectivity index (χ3n) is 7.13. The van der Waals surface area contributed by atoms with Crippen LogP contribution in [-0.4, -0.2) is 20.4 Å². The van der Waals surface area contributed by atoms with Crippen molar-refractivity contribution in [3.8, 4) is 0 Å². The van der Waals surface area contributed by atoms with E-state index in [1.165, 1.54) is 31.3 Å². The largest absolute Gasteiger partial charge is 0.335 e. The number of fused-ring (bicyclic) bond motifs is 2. The number of aryl methyl sites for hydroxylation is 1. The molecule has 7 nitrogen and oxygen atoms in total. The maximum absolute atomic E-state index is 13.5. The van der Waals surface area contributed by atoms with Crippen molar-refractivity contribution in [3.05, 3.63) is 39.6 Å². The van der Waals surface area contributed by atoms with E-state index in [4.69, 9.17) is 0 Å². The van der Waals surface area contributed by atoms with E-state index in [-0.39, 0.29) is 22.9 Å². The molecule has 1 spiro atoms. The molecule has 2 fully saturated rings. The van der Waals surface area contributed by atoms with Crippen LogP contribution >= 0.6 is 0 Å². The van der Waals surface area contributed by atoms with E-state index in [1.807, 2.05) is 13.0 Å². The number of anilines is 3. The van der Waals surface area contributed by atoms with Gasteiger partial charge < -0.3 is 15.2 Å². The van der Waals surface area contributed by atoms with E-state index < -0.39 is 0 Å². The minimum Gasteiger partial charge on any atom is -0.335 e. The molecule has 5 rings (SSSR count). The third kappa shape index (κ3) is 3.20. The number of hydrogen-bond acceptors (Lipinski definition) is 5. The molecule has 3 heterocycles. The van der Waals surface area contributed by atoms with Gasteiger partial charge in [0.15, 0.2) is 0 Å². The van der Waals surface area contributed by atoms with E-state index in [0.717, 1.165) is 49.7 Å². The molecule has 2 N–H and O–H groups in total. The van der Waals surface area contributed by atoms with Gasteiger partial charge in [-0.1, -0.05) is 19.3 Å². The number of rotatable bonds is 4. The predicted molar refractivity (Wildman–Crippen MR) is 116 cm³/mol. The molecule has 0 saturated heterocycles. The molecule has 2 aromatic rings. The molecular formula is C23H29N5O2. The van der Waals surface area contributed by atoms with Crippen LogP contribution < -0.4 is 16.2 Å². The third-order valence-corrected chi connectivity index (χ3v) is 7.13. The zero-order valence-electron chi connectivity index (χ0n) is 17.8. The molecule has 1 amide bonds. The van der Waals surface area contributed by atoms with Gasteiger partial charge >= 0.3 is 0 Å². The lowest BCUT2D eigenvalue weighted by molar-refractivity contribution is -0.117. The zero-order valence-corrected chi connectivity index (χ0v) is 17.8. The first kappa shape index (κ1) is 19.3. The maximum Gasteiger partial charge on any atom is 0.275 e. The first-order chi connectivity index (χ1) is 14.5. The van der Waals surface area contributed by atoms with Crippen molar-refractivity contribution in [2.75, 3.05) is 10.6 Å². The van der Waals surface area contributed by atoms with Crippen molar-refractivity contribution < 1.29 is 4.79 Å². The zero-order chi connectivity index (χ0) is 20.9. The van der Waals surface area contributed by atoms with Crippen molar-refractivity contribution in [1.82, 2.24) is 14.5 Å². The highest BCUT2D eigenvalue weighted by molar-refractivity contribution is 5.94. The molecule has 1 aliphatic heterocycles. The van der Waals surface area contributed by atoms with Crippen LogP contribution in [0.15, 0.2) is 17.2 Å². The predicted octanol–water partition coefficient (Wildman–Crippen LogP) is 3.95. The summed E-state index contributed by atoms with van der Waals surface area (Å²) in [6.07, 6.45) is 11.2. The summed E-state index contributed by atoms with van der Waals surface area (Å²) < 4.78 is 2.09. The molecule has 30 heavy (non-hydrogen) atoms. The Morgan fingerprint density at radius 1 is 1.10 bits per heavy atom. The molecular weight excluding hydrogens is 378 g/mol. The van der Waals surface area contributed by atoms with Crippen LogP contribution in [0.25, 0.3) is 0 Å². The standard InChI is InChI=1S/C23H29N5O2/c1-14-12-17(22(30)28-18(14)8-11-23(28)9-4-3-5-10-23)26-19-15(2)20(25-13-24-19)27-21(29)16-6-7-16/h12-13,16H,3-11H2,1-2H3,(H2,24,25,26,27,29). The average molecular weight is 408 g/mol. The van der Waals surface area contributed by atoms with E-state index in [1.54, 1.807) is 0 Å². The van der Waals surface area contributed by atoms with Gasteiger partial charge in [-0.2, -0.15) is 0 Å². The number of pyridine rings is 1. The van der Waals surface area contributed by atoms with Crippen molar-refractivity contribution in [3.63, 3.8) is 0 Å². The summed E-state index contributed by atoms with van der Waals surface area (Å²) in [4.78, 5) is 34.3. The van der Waals surface area contributed by atoms with Gasteiger partial charge in [-0.3, -0.25) is 9.59 Å². The van der Waals surface area contributed by atoms with Gasteiger partial charge in [-0.15, -0.1) is 0 Å². The number of carbonyl (C=O) groups is 1. The summed E-state index contributed by atoms with van der Waals surface area (Å²) in [7, 11) is 0. The average Bonchev–Trinajstić information content (AvgIpc) is 3.53. The Bertz CT molecular complexity index is 1060. The minimum atomic E-state index is -0.0166. The fourth-order valence-electron chi connectivity index (χ4n) is 5.22. The fourth-order valence-corrected chi connectivity index (χ4v) is 5.22.